The summed E-state index contributed by atoms with van der Waals surface area (Å²) in [5.41, 5.74) is 2.15. The van der Waals surface area contributed by atoms with Gasteiger partial charge in [0.25, 0.3) is 0 Å². The average Bonchev–Trinajstić information content (AvgIpc) is 3.09. The minimum atomic E-state index is -0.134. The van der Waals surface area contributed by atoms with Gasteiger partial charge in [-0.15, -0.1) is 5.10 Å². The largest absolute Gasteiger partial charge is 0.308 e. The molecule has 2 heterocycles. The van der Waals surface area contributed by atoms with E-state index in [-0.39, 0.29) is 24.4 Å². The Balaban J connectivity index is 1.71. The predicted molar refractivity (Wildman–Crippen MR) is 86.0 cm³/mol. The maximum Gasteiger partial charge on any atom is 0.249 e. The second-order valence-corrected chi connectivity index (χ2v) is 5.65. The fourth-order valence-corrected chi connectivity index (χ4v) is 2.82. The highest BCUT2D eigenvalue weighted by Crippen LogP contribution is 2.31. The molecule has 0 saturated heterocycles. The number of para-hydroxylation sites is 1. The normalized spacial score (nSPS) is 16.3. The maximum absolute atomic E-state index is 12.6. The van der Waals surface area contributed by atoms with Gasteiger partial charge in [-0.3, -0.25) is 9.59 Å². The standard InChI is InChI=1S/C16H19N5O2/c1-3-15(22)17-14-9-20(19-18-14)10-16(23)21-11(2)8-12-6-4-5-7-13(12)21/h4-7,9,11H,3,8,10H2,1-2H3,(H,17,22). The molecule has 0 radical (unpaired) electrons. The van der Waals surface area contributed by atoms with Gasteiger partial charge in [0.2, 0.25) is 11.8 Å². The van der Waals surface area contributed by atoms with Crippen molar-refractivity contribution in [1.29, 1.82) is 0 Å². The summed E-state index contributed by atoms with van der Waals surface area (Å²) >= 11 is 0. The van der Waals surface area contributed by atoms with Crippen molar-refractivity contribution in [2.24, 2.45) is 0 Å². The van der Waals surface area contributed by atoms with E-state index in [0.717, 1.165) is 12.1 Å². The number of hydrogen-bond donors (Lipinski definition) is 1. The van der Waals surface area contributed by atoms with Gasteiger partial charge in [-0.05, 0) is 25.0 Å². The summed E-state index contributed by atoms with van der Waals surface area (Å²) in [7, 11) is 0. The molecule has 1 aromatic carbocycles. The van der Waals surface area contributed by atoms with E-state index < -0.39 is 0 Å². The van der Waals surface area contributed by atoms with E-state index in [2.05, 4.69) is 15.6 Å². The smallest absolute Gasteiger partial charge is 0.249 e. The fraction of sp³-hybridized carbons (Fsp3) is 0.375. The maximum atomic E-state index is 12.6. The number of nitrogens with one attached hydrogen (secondary N) is 1. The van der Waals surface area contributed by atoms with Crippen LogP contribution >= 0.6 is 0 Å². The Labute approximate surface area is 134 Å². The van der Waals surface area contributed by atoms with E-state index >= 15 is 0 Å². The third kappa shape index (κ3) is 3.08. The molecule has 2 amide bonds. The molecule has 2 aromatic rings. The van der Waals surface area contributed by atoms with E-state index in [4.69, 9.17) is 0 Å². The molecule has 120 valence electrons. The van der Waals surface area contributed by atoms with E-state index in [1.165, 1.54) is 10.2 Å². The van der Waals surface area contributed by atoms with Gasteiger partial charge in [-0.1, -0.05) is 30.3 Å². The highest BCUT2D eigenvalue weighted by atomic mass is 16.2. The minimum Gasteiger partial charge on any atom is -0.308 e. The van der Waals surface area contributed by atoms with Crippen molar-refractivity contribution in [1.82, 2.24) is 15.0 Å². The fourth-order valence-electron chi connectivity index (χ4n) is 2.82. The molecule has 7 nitrogen and oxygen atoms in total. The Morgan fingerprint density at radius 2 is 2.13 bits per heavy atom. The van der Waals surface area contributed by atoms with E-state index in [1.807, 2.05) is 31.2 Å². The van der Waals surface area contributed by atoms with Crippen molar-refractivity contribution in [3.8, 4) is 0 Å². The topological polar surface area (TPSA) is 80.1 Å². The number of carbonyl (C=O) groups is 2. The number of amides is 2. The predicted octanol–water partition coefficient (Wildman–Crippen LogP) is 1.60. The second-order valence-electron chi connectivity index (χ2n) is 5.65. The molecule has 0 spiro atoms. The molecule has 1 unspecified atom stereocenters. The summed E-state index contributed by atoms with van der Waals surface area (Å²) in [6.07, 6.45) is 2.79. The molecule has 1 aliphatic rings. The van der Waals surface area contributed by atoms with Gasteiger partial charge in [0, 0.05) is 18.2 Å². The molecule has 0 aliphatic carbocycles. The summed E-state index contributed by atoms with van der Waals surface area (Å²) < 4.78 is 1.45. The summed E-state index contributed by atoms with van der Waals surface area (Å²) in [5, 5.41) is 10.4. The Morgan fingerprint density at radius 1 is 1.35 bits per heavy atom. The van der Waals surface area contributed by atoms with Crippen LogP contribution in [-0.4, -0.2) is 32.9 Å². The van der Waals surface area contributed by atoms with Crippen molar-refractivity contribution >= 4 is 23.3 Å². The summed E-state index contributed by atoms with van der Waals surface area (Å²) in [6.45, 7) is 3.88. The number of carbonyl (C=O) groups excluding carboxylic acids is 2. The zero-order valence-corrected chi connectivity index (χ0v) is 13.2. The summed E-state index contributed by atoms with van der Waals surface area (Å²) in [6, 6.07) is 8.06. The van der Waals surface area contributed by atoms with Gasteiger partial charge >= 0.3 is 0 Å². The third-order valence-corrected chi connectivity index (χ3v) is 3.90. The number of aromatic nitrogens is 3. The first-order valence-corrected chi connectivity index (χ1v) is 7.68. The molecule has 23 heavy (non-hydrogen) atoms. The Hall–Kier alpha value is -2.70. The zero-order chi connectivity index (χ0) is 16.4. The number of nitrogens with zero attached hydrogens (tertiary/aromatic N) is 4. The van der Waals surface area contributed by atoms with Gasteiger partial charge in [0.15, 0.2) is 5.82 Å². The van der Waals surface area contributed by atoms with Crippen LogP contribution in [0.25, 0.3) is 0 Å². The molecular formula is C16H19N5O2. The molecular weight excluding hydrogens is 294 g/mol. The third-order valence-electron chi connectivity index (χ3n) is 3.90. The van der Waals surface area contributed by atoms with Gasteiger partial charge in [0.05, 0.1) is 6.20 Å². The summed E-state index contributed by atoms with van der Waals surface area (Å²) in [4.78, 5) is 25.8. The van der Waals surface area contributed by atoms with Crippen molar-refractivity contribution in [3.05, 3.63) is 36.0 Å². The molecule has 7 heteroatoms. The quantitative estimate of drug-likeness (QED) is 0.930. The zero-order valence-electron chi connectivity index (χ0n) is 13.2. The first kappa shape index (κ1) is 15.2. The average molecular weight is 313 g/mol. The number of benzene rings is 1. The number of fused-ring (bicyclic) bond motifs is 1. The molecule has 0 fully saturated rings. The highest BCUT2D eigenvalue weighted by Gasteiger charge is 2.30. The Morgan fingerprint density at radius 3 is 2.91 bits per heavy atom. The van der Waals surface area contributed by atoms with Crippen LogP contribution < -0.4 is 10.2 Å². The minimum absolute atomic E-state index is 0.0410. The van der Waals surface area contributed by atoms with Crippen molar-refractivity contribution in [2.75, 3.05) is 10.2 Å². The molecule has 0 bridgehead atoms. The van der Waals surface area contributed by atoms with E-state index in [1.54, 1.807) is 18.0 Å². The van der Waals surface area contributed by atoms with Crippen molar-refractivity contribution in [3.63, 3.8) is 0 Å². The first-order chi connectivity index (χ1) is 11.1. The van der Waals surface area contributed by atoms with Crippen LogP contribution in [0.2, 0.25) is 0 Å². The van der Waals surface area contributed by atoms with Crippen LogP contribution in [0.3, 0.4) is 0 Å². The van der Waals surface area contributed by atoms with Crippen molar-refractivity contribution in [2.45, 2.75) is 39.3 Å². The summed E-state index contributed by atoms with van der Waals surface area (Å²) in [5.74, 6) is 0.186. The Bertz CT molecular complexity index is 740. The van der Waals surface area contributed by atoms with Crippen LogP contribution in [0, 0.1) is 0 Å². The first-order valence-electron chi connectivity index (χ1n) is 7.68. The van der Waals surface area contributed by atoms with Gasteiger partial charge in [0.1, 0.15) is 6.54 Å². The monoisotopic (exact) mass is 313 g/mol. The molecule has 3 rings (SSSR count). The van der Waals surface area contributed by atoms with Crippen molar-refractivity contribution < 1.29 is 9.59 Å². The van der Waals surface area contributed by atoms with Gasteiger partial charge in [-0.25, -0.2) is 4.68 Å². The molecule has 1 aromatic heterocycles. The van der Waals surface area contributed by atoms with Crippen LogP contribution in [0.4, 0.5) is 11.5 Å². The van der Waals surface area contributed by atoms with Gasteiger partial charge < -0.3 is 10.2 Å². The lowest BCUT2D eigenvalue weighted by Gasteiger charge is -2.22. The lowest BCUT2D eigenvalue weighted by Crippen LogP contribution is -2.38. The van der Waals surface area contributed by atoms with Crippen LogP contribution in [0.15, 0.2) is 30.5 Å². The molecule has 1 atom stereocenters. The molecule has 1 N–H and O–H groups in total. The highest BCUT2D eigenvalue weighted by molar-refractivity contribution is 5.96. The van der Waals surface area contributed by atoms with E-state index in [0.29, 0.717) is 12.2 Å². The molecule has 0 saturated carbocycles. The molecule has 1 aliphatic heterocycles. The number of anilines is 2. The lowest BCUT2D eigenvalue weighted by molar-refractivity contribution is -0.119. The van der Waals surface area contributed by atoms with Gasteiger partial charge in [-0.2, -0.15) is 0 Å². The number of rotatable bonds is 4. The van der Waals surface area contributed by atoms with Crippen LogP contribution in [0.1, 0.15) is 25.8 Å². The lowest BCUT2D eigenvalue weighted by atomic mass is 10.1. The van der Waals surface area contributed by atoms with E-state index in [9.17, 15) is 9.59 Å². The van der Waals surface area contributed by atoms with Crippen LogP contribution in [-0.2, 0) is 22.6 Å². The number of hydrogen-bond acceptors (Lipinski definition) is 4. The Kier molecular flexibility index (Phi) is 4.10. The van der Waals surface area contributed by atoms with Crippen LogP contribution in [0.5, 0.6) is 0 Å². The second kappa shape index (κ2) is 6.20. The SMILES string of the molecule is CCC(=O)Nc1cn(CC(=O)N2c3ccccc3CC2C)nn1.